The maximum atomic E-state index is 14.4. The van der Waals surface area contributed by atoms with Crippen LogP contribution in [-0.4, -0.2) is 137 Å². The predicted octanol–water partition coefficient (Wildman–Crippen LogP) is 2.95. The first-order valence-electron chi connectivity index (χ1n) is 20.0. The number of nitrogens with zero attached hydrogens (tertiary/aromatic N) is 4. The van der Waals surface area contributed by atoms with Crippen LogP contribution in [0.15, 0.2) is 28.5 Å². The summed E-state index contributed by atoms with van der Waals surface area (Å²) in [5, 5.41) is 28.3. The topological polar surface area (TPSA) is 214 Å². The third-order valence-corrected chi connectivity index (χ3v) is 11.5. The lowest BCUT2D eigenvalue weighted by molar-refractivity contribution is -0.296. The largest absolute Gasteiger partial charge is 0.459 e. The zero-order valence-electron chi connectivity index (χ0n) is 35.8. The lowest BCUT2D eigenvalue weighted by Crippen LogP contribution is -2.60. The number of esters is 1. The van der Waals surface area contributed by atoms with Gasteiger partial charge in [-0.25, -0.2) is 9.98 Å². The Morgan fingerprint density at radius 2 is 1.83 bits per heavy atom. The molecule has 16 heteroatoms. The van der Waals surface area contributed by atoms with Gasteiger partial charge in [-0.05, 0) is 79.1 Å². The molecule has 4 N–H and O–H groups in total. The fraction of sp³-hybridized carbons (Fsp3) is 0.714. The van der Waals surface area contributed by atoms with Gasteiger partial charge in [0.25, 0.3) is 0 Å². The van der Waals surface area contributed by atoms with Crippen LogP contribution in [0.2, 0.25) is 0 Å². The number of likely N-dealkylation sites (N-methyl/N-ethyl adjacent to an activating group) is 1. The minimum absolute atomic E-state index is 0.111. The van der Waals surface area contributed by atoms with Crippen LogP contribution in [-0.2, 0) is 42.9 Å². The van der Waals surface area contributed by atoms with E-state index >= 15 is 0 Å². The molecule has 2 bridgehead atoms. The fourth-order valence-electron chi connectivity index (χ4n) is 8.38. The monoisotopic (exact) mass is 813 g/mol. The Bertz CT molecular complexity index is 1720. The van der Waals surface area contributed by atoms with Crippen molar-refractivity contribution in [1.82, 2.24) is 9.88 Å². The molecule has 13 atom stereocenters. The number of aliphatic imine (C=N–C) groups is 1. The first-order valence-corrected chi connectivity index (χ1v) is 20.0. The van der Waals surface area contributed by atoms with Gasteiger partial charge in [0.15, 0.2) is 18.7 Å². The van der Waals surface area contributed by atoms with Crippen LogP contribution < -0.4 is 5.73 Å². The number of Topliss-reactive ketones (excluding diaryl/α,β-unsaturated/α-hetero) is 1. The van der Waals surface area contributed by atoms with Crippen molar-refractivity contribution in [3.05, 3.63) is 23.9 Å². The first kappa shape index (κ1) is 46.9. The molecule has 4 heterocycles. The first-order chi connectivity index (χ1) is 27.2. The number of fused-ring (bicyclic) bond motifs is 5. The quantitative estimate of drug-likeness (QED) is 0.124. The second-order valence-corrected chi connectivity index (χ2v) is 16.6. The average molecular weight is 814 g/mol. The number of aliphatic hydroxyl groups excluding tert-OH is 1. The Labute approximate surface area is 342 Å². The molecule has 0 saturated carbocycles. The maximum absolute atomic E-state index is 14.4. The van der Waals surface area contributed by atoms with Gasteiger partial charge < -0.3 is 49.4 Å². The molecule has 3 saturated heterocycles. The molecule has 58 heavy (non-hydrogen) atoms. The van der Waals surface area contributed by atoms with E-state index in [1.807, 2.05) is 32.8 Å². The number of hydrogen-bond donors (Lipinski definition) is 3. The highest BCUT2D eigenvalue weighted by Crippen LogP contribution is 2.40. The van der Waals surface area contributed by atoms with Gasteiger partial charge in [0.05, 0.1) is 37.1 Å². The van der Waals surface area contributed by atoms with E-state index in [-0.39, 0.29) is 50.5 Å². The van der Waals surface area contributed by atoms with Crippen molar-refractivity contribution >= 4 is 34.9 Å². The lowest BCUT2D eigenvalue weighted by atomic mass is 9.73. The zero-order chi connectivity index (χ0) is 43.1. The van der Waals surface area contributed by atoms with Gasteiger partial charge in [-0.3, -0.25) is 14.4 Å². The van der Waals surface area contributed by atoms with E-state index in [0.717, 1.165) is 0 Å². The van der Waals surface area contributed by atoms with Crippen LogP contribution in [0.3, 0.4) is 0 Å². The summed E-state index contributed by atoms with van der Waals surface area (Å²) in [7, 11) is 3.72. The van der Waals surface area contributed by atoms with Crippen LogP contribution in [0.25, 0.3) is 0 Å². The number of hydrogen-bond acceptors (Lipinski definition) is 15. The van der Waals surface area contributed by atoms with Crippen molar-refractivity contribution in [3.63, 3.8) is 0 Å². The number of rotatable bonds is 6. The predicted molar refractivity (Wildman–Crippen MR) is 216 cm³/mol. The van der Waals surface area contributed by atoms with E-state index in [1.54, 1.807) is 46.0 Å². The smallest absolute Gasteiger partial charge is 0.316 e. The number of aliphatic hydroxyl groups is 2. The maximum Gasteiger partial charge on any atom is 0.316 e. The molecule has 3 aliphatic rings. The van der Waals surface area contributed by atoms with Gasteiger partial charge in [-0.15, -0.1) is 0 Å². The normalized spacial score (nSPS) is 38.2. The summed E-state index contributed by atoms with van der Waals surface area (Å²) in [4.78, 5) is 57.1. The molecule has 0 spiro atoms. The third kappa shape index (κ3) is 11.3. The number of cyclic esters (lactones) is 1. The Morgan fingerprint density at radius 3 is 2.45 bits per heavy atom. The van der Waals surface area contributed by atoms with Gasteiger partial charge >= 0.3 is 5.97 Å². The Kier molecular flexibility index (Phi) is 16.1. The van der Waals surface area contributed by atoms with E-state index in [9.17, 15) is 24.6 Å². The van der Waals surface area contributed by atoms with Crippen LogP contribution in [0.5, 0.6) is 0 Å². The Morgan fingerprint density at radius 1 is 1.12 bits per heavy atom. The molecular weight excluding hydrogens is 750 g/mol. The van der Waals surface area contributed by atoms with Gasteiger partial charge in [0.1, 0.15) is 35.3 Å². The highest BCUT2D eigenvalue weighted by atomic mass is 16.7. The molecule has 3 fully saturated rings. The molecule has 3 aliphatic heterocycles. The molecule has 0 radical (unpaired) electrons. The Hall–Kier alpha value is -3.82. The van der Waals surface area contributed by atoms with Gasteiger partial charge in [-0.1, -0.05) is 44.7 Å². The van der Waals surface area contributed by atoms with Crippen molar-refractivity contribution in [2.75, 3.05) is 39.6 Å². The van der Waals surface area contributed by atoms with Crippen LogP contribution in [0, 0.1) is 35.5 Å². The fourth-order valence-corrected chi connectivity index (χ4v) is 8.38. The summed E-state index contributed by atoms with van der Waals surface area (Å²) in [5.41, 5.74) is 3.71. The number of amides is 1. The van der Waals surface area contributed by atoms with Gasteiger partial charge in [-0.2, -0.15) is 0 Å². The van der Waals surface area contributed by atoms with Crippen LogP contribution >= 0.6 is 0 Å². The molecule has 0 aliphatic carbocycles. The molecule has 1 amide bonds. The third-order valence-electron chi connectivity index (χ3n) is 11.5. The summed E-state index contributed by atoms with van der Waals surface area (Å²) >= 11 is 0. The van der Waals surface area contributed by atoms with Crippen molar-refractivity contribution in [2.45, 2.75) is 136 Å². The van der Waals surface area contributed by atoms with Crippen molar-refractivity contribution in [1.29, 1.82) is 0 Å². The van der Waals surface area contributed by atoms with Gasteiger partial charge in [0.2, 0.25) is 5.91 Å². The molecule has 1 aromatic heterocycles. The van der Waals surface area contributed by atoms with E-state index in [1.165, 1.54) is 20.8 Å². The molecule has 16 nitrogen and oxygen atoms in total. The summed E-state index contributed by atoms with van der Waals surface area (Å²) < 4.78 is 32.3. The van der Waals surface area contributed by atoms with E-state index in [0.29, 0.717) is 23.5 Å². The number of carbonyl (C=O) groups excluding carboxylic acids is 3. The highest BCUT2D eigenvalue weighted by molar-refractivity contribution is 6.00. The van der Waals surface area contributed by atoms with Crippen molar-refractivity contribution in [2.24, 2.45) is 33.8 Å². The van der Waals surface area contributed by atoms with Gasteiger partial charge in [0, 0.05) is 42.3 Å². The molecule has 4 rings (SSSR count). The summed E-state index contributed by atoms with van der Waals surface area (Å²) in [6, 6.07) is 3.04. The standard InChI is InChI=1S/C42H63N5O11/c1-12-32-42(9,52)38-25(4)34(45-28(7)48)23(2)19-41(8,54-22-30(21-53-38)46-55-17-13-14-29-15-16-33(43)44-20-29)37(26(5)35(49)27(6)39(51)57-32)58-40-36(50)31(47(10)11)18-24(3)56-40/h15-16,20,23-27,31-32,36-38,40,50,52H,12,17-19,21-22H2,1-11H3,(H2,43,44)/b45-34?,46-30+/t23-,24-,25+,26+,27-,31+,32-,36-,37-,38+,40+,41-,42-/m1/s1. The number of ether oxygens (including phenoxy) is 5. The molecule has 1 aromatic rings. The van der Waals surface area contributed by atoms with E-state index < -0.39 is 83.2 Å². The van der Waals surface area contributed by atoms with Crippen LogP contribution in [0.1, 0.15) is 87.1 Å². The summed E-state index contributed by atoms with van der Waals surface area (Å²) in [6.45, 7) is 14.5. The van der Waals surface area contributed by atoms with E-state index in [2.05, 4.69) is 27.0 Å². The minimum Gasteiger partial charge on any atom is -0.459 e. The summed E-state index contributed by atoms with van der Waals surface area (Å²) in [6.07, 6.45) is -3.64. The number of pyridine rings is 1. The number of nitrogens with two attached hydrogens (primary N) is 1. The number of carbonyl (C=O) groups is 3. The number of oxime groups is 1. The number of aromatic nitrogens is 1. The van der Waals surface area contributed by atoms with E-state index in [4.69, 9.17) is 34.3 Å². The number of ketones is 1. The summed E-state index contributed by atoms with van der Waals surface area (Å²) in [5.74, 6) is 0.817. The second kappa shape index (κ2) is 20.0. The SMILES string of the molecule is CC[C@H]1OC(=O)[C@H](C)C(=O)[C@H](C)[C@@H](O[C@@H]2O[C@H](C)C[C@H](N(C)C)[C@H]2O)[C@@]2(C)C[C@@H](C)C(=NC(C)=O)[C@H](C)[C@H](OC/C(=N\OCC#Cc3ccc(N)nc3)CO2)[C@]1(C)O. The highest BCUT2D eigenvalue weighted by Gasteiger charge is 2.53. The zero-order valence-corrected chi connectivity index (χ0v) is 35.8. The molecule has 0 unspecified atom stereocenters. The Balaban J connectivity index is 1.90. The van der Waals surface area contributed by atoms with Crippen molar-refractivity contribution in [3.8, 4) is 11.8 Å². The second-order valence-electron chi connectivity index (χ2n) is 16.6. The van der Waals surface area contributed by atoms with Crippen molar-refractivity contribution < 1.29 is 53.1 Å². The number of nitrogen functional groups attached to an aromatic ring is 1. The molecule has 322 valence electrons. The minimum atomic E-state index is -1.86. The average Bonchev–Trinajstić information content (AvgIpc) is 3.17. The number of anilines is 1. The molecular formula is C42H63N5O11. The molecule has 0 aromatic carbocycles. The van der Waals surface area contributed by atoms with Crippen LogP contribution in [0.4, 0.5) is 5.82 Å². The lowest BCUT2D eigenvalue weighted by Gasteiger charge is -2.47.